The average Bonchev–Trinajstić information content (AvgIpc) is 2.95. The van der Waals surface area contributed by atoms with Gasteiger partial charge in [-0.3, -0.25) is 9.89 Å². The van der Waals surface area contributed by atoms with Crippen molar-refractivity contribution in [3.63, 3.8) is 0 Å². The number of hydrogen-bond acceptors (Lipinski definition) is 5. The molecule has 0 bridgehead atoms. The van der Waals surface area contributed by atoms with Crippen molar-refractivity contribution in [2.45, 2.75) is 31.9 Å². The lowest BCUT2D eigenvalue weighted by atomic mass is 9.97. The van der Waals surface area contributed by atoms with E-state index in [1.807, 2.05) is 0 Å². The van der Waals surface area contributed by atoms with Gasteiger partial charge < -0.3 is 5.73 Å². The summed E-state index contributed by atoms with van der Waals surface area (Å²) >= 11 is 0. The second-order valence-electron chi connectivity index (χ2n) is 6.33. The molecule has 1 aromatic carbocycles. The van der Waals surface area contributed by atoms with E-state index in [2.05, 4.69) is 20.3 Å². The van der Waals surface area contributed by atoms with Gasteiger partial charge in [-0.15, -0.1) is 5.11 Å². The third-order valence-corrected chi connectivity index (χ3v) is 4.49. The molecule has 2 heterocycles. The van der Waals surface area contributed by atoms with Crippen molar-refractivity contribution >= 4 is 22.8 Å². The topological polar surface area (TPSA) is 101 Å². The summed E-state index contributed by atoms with van der Waals surface area (Å²) in [7, 11) is 0. The fraction of sp³-hybridized carbons (Fsp3) is 0.294. The molecule has 4 rings (SSSR count). The standard InChI is InChI=1S/C17H15F3N6O/c18-17(19,20)9-4-3-5-10(8-9)23-24-13-14(21)25-26-15(13)22-12-7-2-1-6-11(12)16(26)27/h3-5,8,25H,1-2,6-7,21H2. The summed E-state index contributed by atoms with van der Waals surface area (Å²) in [6, 6.07) is 4.47. The molecule has 2 aromatic heterocycles. The van der Waals surface area contributed by atoms with E-state index in [1.54, 1.807) is 0 Å². The molecule has 0 amide bonds. The summed E-state index contributed by atoms with van der Waals surface area (Å²) in [6.07, 6.45) is -1.26. The van der Waals surface area contributed by atoms with Crippen LogP contribution in [0.3, 0.4) is 0 Å². The van der Waals surface area contributed by atoms with Crippen molar-refractivity contribution in [3.05, 3.63) is 51.4 Å². The molecule has 1 aliphatic rings. The lowest BCUT2D eigenvalue weighted by molar-refractivity contribution is -0.137. The number of nitrogens with one attached hydrogen (secondary N) is 1. The molecule has 0 unspecified atom stereocenters. The first kappa shape index (κ1) is 17.3. The number of hydrogen-bond donors (Lipinski definition) is 2. The van der Waals surface area contributed by atoms with Gasteiger partial charge in [0.2, 0.25) is 0 Å². The van der Waals surface area contributed by atoms with Gasteiger partial charge in [-0.1, -0.05) is 6.07 Å². The molecule has 0 radical (unpaired) electrons. The van der Waals surface area contributed by atoms with E-state index in [9.17, 15) is 18.0 Å². The molecular weight excluding hydrogens is 361 g/mol. The van der Waals surface area contributed by atoms with E-state index >= 15 is 0 Å². The Kier molecular flexibility index (Phi) is 3.97. The molecule has 7 nitrogen and oxygen atoms in total. The van der Waals surface area contributed by atoms with Crippen LogP contribution in [-0.2, 0) is 19.0 Å². The lowest BCUT2D eigenvalue weighted by Gasteiger charge is -2.13. The number of alkyl halides is 3. The van der Waals surface area contributed by atoms with Gasteiger partial charge in [0, 0.05) is 5.56 Å². The van der Waals surface area contributed by atoms with Crippen LogP contribution in [-0.4, -0.2) is 14.6 Å². The van der Waals surface area contributed by atoms with Gasteiger partial charge in [0.05, 0.1) is 16.9 Å². The summed E-state index contributed by atoms with van der Waals surface area (Å²) in [4.78, 5) is 17.1. The number of benzene rings is 1. The molecule has 0 saturated carbocycles. The number of aryl methyl sites for hydroxylation is 1. The minimum Gasteiger partial charge on any atom is -0.382 e. The Balaban J connectivity index is 1.79. The molecular formula is C17H15F3N6O. The van der Waals surface area contributed by atoms with Gasteiger partial charge in [-0.2, -0.15) is 22.8 Å². The van der Waals surface area contributed by atoms with Crippen LogP contribution >= 0.6 is 0 Å². The summed E-state index contributed by atoms with van der Waals surface area (Å²) in [6.45, 7) is 0. The first-order valence-electron chi connectivity index (χ1n) is 8.35. The van der Waals surface area contributed by atoms with E-state index in [-0.39, 0.29) is 28.4 Å². The Morgan fingerprint density at radius 2 is 1.96 bits per heavy atom. The number of azo groups is 1. The Hall–Kier alpha value is -3.17. The fourth-order valence-corrected chi connectivity index (χ4v) is 3.16. The Morgan fingerprint density at radius 3 is 2.74 bits per heavy atom. The number of fused-ring (bicyclic) bond motifs is 2. The Bertz CT molecular complexity index is 1110. The number of aromatic amines is 1. The predicted octanol–water partition coefficient (Wildman–Crippen LogP) is 3.92. The van der Waals surface area contributed by atoms with Crippen LogP contribution in [0.15, 0.2) is 39.3 Å². The summed E-state index contributed by atoms with van der Waals surface area (Å²) in [5.41, 5.74) is 6.56. The van der Waals surface area contributed by atoms with Gasteiger partial charge in [0.15, 0.2) is 11.3 Å². The highest BCUT2D eigenvalue weighted by atomic mass is 19.4. The number of rotatable bonds is 2. The Morgan fingerprint density at radius 1 is 1.19 bits per heavy atom. The van der Waals surface area contributed by atoms with Crippen molar-refractivity contribution < 1.29 is 13.2 Å². The number of nitrogen functional groups attached to an aromatic ring is 1. The third-order valence-electron chi connectivity index (χ3n) is 4.49. The van der Waals surface area contributed by atoms with Gasteiger partial charge in [0.1, 0.15) is 5.82 Å². The van der Waals surface area contributed by atoms with E-state index in [4.69, 9.17) is 5.73 Å². The average molecular weight is 376 g/mol. The van der Waals surface area contributed by atoms with Gasteiger partial charge in [-0.25, -0.2) is 4.98 Å². The summed E-state index contributed by atoms with van der Waals surface area (Å²) < 4.78 is 39.6. The first-order valence-corrected chi connectivity index (χ1v) is 8.35. The zero-order valence-corrected chi connectivity index (χ0v) is 14.0. The molecule has 1 aliphatic carbocycles. The second-order valence-corrected chi connectivity index (χ2v) is 6.33. The predicted molar refractivity (Wildman–Crippen MR) is 92.5 cm³/mol. The van der Waals surface area contributed by atoms with Gasteiger partial charge in [0.25, 0.3) is 5.56 Å². The highest BCUT2D eigenvalue weighted by molar-refractivity contribution is 5.75. The monoisotopic (exact) mass is 376 g/mol. The molecule has 10 heteroatoms. The quantitative estimate of drug-likeness (QED) is 0.663. The summed E-state index contributed by atoms with van der Waals surface area (Å²) in [5, 5.41) is 10.5. The minimum absolute atomic E-state index is 0.0175. The van der Waals surface area contributed by atoms with Crippen LogP contribution in [0.4, 0.5) is 30.4 Å². The molecule has 140 valence electrons. The smallest absolute Gasteiger partial charge is 0.382 e. The zero-order valence-electron chi connectivity index (χ0n) is 14.0. The molecule has 3 N–H and O–H groups in total. The second kappa shape index (κ2) is 6.22. The van der Waals surface area contributed by atoms with Crippen LogP contribution in [0, 0.1) is 0 Å². The largest absolute Gasteiger partial charge is 0.416 e. The summed E-state index contributed by atoms with van der Waals surface area (Å²) in [5.74, 6) is 0.0673. The molecule has 27 heavy (non-hydrogen) atoms. The lowest BCUT2D eigenvalue weighted by Crippen LogP contribution is -2.24. The molecule has 0 fully saturated rings. The minimum atomic E-state index is -4.47. The van der Waals surface area contributed by atoms with Crippen LogP contribution < -0.4 is 11.3 Å². The van der Waals surface area contributed by atoms with E-state index in [0.717, 1.165) is 25.0 Å². The molecule has 3 aromatic rings. The van der Waals surface area contributed by atoms with Crippen LogP contribution in [0.1, 0.15) is 29.7 Å². The SMILES string of the molecule is Nc1[nH]n2c(=O)c3c(nc2c1N=Nc1cccc(C(F)(F)F)c1)CCCC3. The number of halogens is 3. The van der Waals surface area contributed by atoms with Crippen molar-refractivity contribution in [2.75, 3.05) is 5.73 Å². The van der Waals surface area contributed by atoms with E-state index < -0.39 is 11.7 Å². The molecule has 0 atom stereocenters. The van der Waals surface area contributed by atoms with Crippen molar-refractivity contribution in [2.24, 2.45) is 10.2 Å². The van der Waals surface area contributed by atoms with Crippen LogP contribution in [0.25, 0.3) is 5.65 Å². The fourth-order valence-electron chi connectivity index (χ4n) is 3.16. The van der Waals surface area contributed by atoms with Crippen LogP contribution in [0.2, 0.25) is 0 Å². The zero-order chi connectivity index (χ0) is 19.2. The highest BCUT2D eigenvalue weighted by Crippen LogP contribution is 2.33. The molecule has 0 saturated heterocycles. The maximum Gasteiger partial charge on any atom is 0.416 e. The number of nitrogens with two attached hydrogens (primary N) is 1. The number of anilines is 1. The first-order chi connectivity index (χ1) is 12.8. The molecule has 0 aliphatic heterocycles. The van der Waals surface area contributed by atoms with Crippen molar-refractivity contribution in [1.82, 2.24) is 14.6 Å². The number of H-pyrrole nitrogens is 1. The number of nitrogens with zero attached hydrogens (tertiary/aromatic N) is 4. The number of aromatic nitrogens is 3. The molecule has 0 spiro atoms. The highest BCUT2D eigenvalue weighted by Gasteiger charge is 2.30. The normalized spacial score (nSPS) is 14.8. The van der Waals surface area contributed by atoms with Crippen molar-refractivity contribution in [1.29, 1.82) is 0 Å². The van der Waals surface area contributed by atoms with Gasteiger partial charge >= 0.3 is 6.18 Å². The van der Waals surface area contributed by atoms with Crippen LogP contribution in [0.5, 0.6) is 0 Å². The maximum absolute atomic E-state index is 12.8. The van der Waals surface area contributed by atoms with E-state index in [1.165, 1.54) is 16.6 Å². The van der Waals surface area contributed by atoms with E-state index in [0.29, 0.717) is 24.1 Å². The Labute approximate surface area is 150 Å². The third kappa shape index (κ3) is 3.07. The van der Waals surface area contributed by atoms with Crippen molar-refractivity contribution in [3.8, 4) is 0 Å². The van der Waals surface area contributed by atoms with Gasteiger partial charge in [-0.05, 0) is 43.9 Å². The maximum atomic E-state index is 12.8.